The van der Waals surface area contributed by atoms with E-state index in [9.17, 15) is 0 Å². The third-order valence-corrected chi connectivity index (χ3v) is 6.28. The SMILES string of the molecule is COc1cc(CNCc2ccc3c(c2)OCCOCCOCCC/C=C/CCCOCCOCCO3)cc(OC)c1. The van der Waals surface area contributed by atoms with Gasteiger partial charge in [-0.25, -0.2) is 0 Å². The van der Waals surface area contributed by atoms with Crippen molar-refractivity contribution in [3.8, 4) is 23.0 Å². The van der Waals surface area contributed by atoms with Crippen molar-refractivity contribution in [2.45, 2.75) is 38.8 Å². The first-order chi connectivity index (χ1) is 20.3. The van der Waals surface area contributed by atoms with Gasteiger partial charge in [0.05, 0.1) is 53.9 Å². The fourth-order valence-corrected chi connectivity index (χ4v) is 4.12. The van der Waals surface area contributed by atoms with Gasteiger partial charge in [0.25, 0.3) is 0 Å². The number of nitrogens with one attached hydrogen (secondary N) is 1. The summed E-state index contributed by atoms with van der Waals surface area (Å²) in [5.74, 6) is 2.89. The summed E-state index contributed by atoms with van der Waals surface area (Å²) >= 11 is 0. The minimum Gasteiger partial charge on any atom is -0.497 e. The van der Waals surface area contributed by atoms with Crippen LogP contribution in [0.25, 0.3) is 0 Å². The van der Waals surface area contributed by atoms with Crippen molar-refractivity contribution in [2.24, 2.45) is 0 Å². The van der Waals surface area contributed by atoms with Gasteiger partial charge >= 0.3 is 0 Å². The topological polar surface area (TPSA) is 85.9 Å². The molecule has 0 radical (unpaired) electrons. The van der Waals surface area contributed by atoms with Gasteiger partial charge in [0.15, 0.2) is 11.5 Å². The molecule has 228 valence electrons. The Bertz CT molecular complexity index is 977. The maximum atomic E-state index is 6.07. The van der Waals surface area contributed by atoms with Gasteiger partial charge in [-0.05, 0) is 61.1 Å². The van der Waals surface area contributed by atoms with Gasteiger partial charge < -0.3 is 43.2 Å². The lowest BCUT2D eigenvalue weighted by atomic mass is 10.1. The number of benzene rings is 2. The van der Waals surface area contributed by atoms with E-state index in [2.05, 4.69) is 17.5 Å². The molecule has 9 nitrogen and oxygen atoms in total. The van der Waals surface area contributed by atoms with Crippen molar-refractivity contribution in [2.75, 3.05) is 80.3 Å². The van der Waals surface area contributed by atoms with Crippen LogP contribution in [-0.4, -0.2) is 80.3 Å². The molecule has 9 heteroatoms. The zero-order chi connectivity index (χ0) is 28.8. The quantitative estimate of drug-likeness (QED) is 0.483. The molecule has 0 bridgehead atoms. The molecule has 0 fully saturated rings. The predicted octanol–water partition coefficient (Wildman–Crippen LogP) is 4.95. The molecule has 1 aliphatic rings. The van der Waals surface area contributed by atoms with E-state index in [1.165, 1.54) is 0 Å². The van der Waals surface area contributed by atoms with Crippen LogP contribution in [-0.2, 0) is 32.0 Å². The van der Waals surface area contributed by atoms with Gasteiger partial charge in [-0.2, -0.15) is 0 Å². The number of rotatable bonds is 6. The molecule has 2 aromatic rings. The Kier molecular flexibility index (Phi) is 16.7. The highest BCUT2D eigenvalue weighted by Gasteiger charge is 2.09. The maximum Gasteiger partial charge on any atom is 0.161 e. The first-order valence-electron chi connectivity index (χ1n) is 14.6. The van der Waals surface area contributed by atoms with Gasteiger partial charge in [0, 0.05) is 32.4 Å². The van der Waals surface area contributed by atoms with Crippen LogP contribution in [0.15, 0.2) is 48.6 Å². The summed E-state index contributed by atoms with van der Waals surface area (Å²) in [4.78, 5) is 0. The largest absolute Gasteiger partial charge is 0.497 e. The van der Waals surface area contributed by atoms with E-state index in [1.54, 1.807) is 14.2 Å². The number of hydrogen-bond acceptors (Lipinski definition) is 9. The van der Waals surface area contributed by atoms with Crippen molar-refractivity contribution in [3.63, 3.8) is 0 Å². The second-order valence-corrected chi connectivity index (χ2v) is 9.51. The summed E-state index contributed by atoms with van der Waals surface area (Å²) in [5, 5.41) is 3.48. The predicted molar refractivity (Wildman–Crippen MR) is 158 cm³/mol. The molecule has 1 heterocycles. The molecule has 0 saturated heterocycles. The van der Waals surface area contributed by atoms with Gasteiger partial charge in [-0.1, -0.05) is 18.2 Å². The Morgan fingerprint density at radius 1 is 0.561 bits per heavy atom. The summed E-state index contributed by atoms with van der Waals surface area (Å²) in [6.07, 6.45) is 8.51. The van der Waals surface area contributed by atoms with Crippen molar-refractivity contribution < 1.29 is 37.9 Å². The van der Waals surface area contributed by atoms with E-state index in [0.717, 1.165) is 61.5 Å². The van der Waals surface area contributed by atoms with Gasteiger partial charge in [0.1, 0.15) is 24.7 Å². The molecule has 0 unspecified atom stereocenters. The van der Waals surface area contributed by atoms with Crippen LogP contribution in [0.5, 0.6) is 23.0 Å². The number of allylic oxidation sites excluding steroid dienone is 2. The Labute approximate surface area is 245 Å². The van der Waals surface area contributed by atoms with Crippen molar-refractivity contribution >= 4 is 0 Å². The molecular formula is C32H47NO8. The van der Waals surface area contributed by atoms with Crippen LogP contribution >= 0.6 is 0 Å². The summed E-state index contributed by atoms with van der Waals surface area (Å²) in [5.41, 5.74) is 2.15. The first-order valence-corrected chi connectivity index (χ1v) is 14.6. The van der Waals surface area contributed by atoms with Gasteiger partial charge in [0.2, 0.25) is 0 Å². The maximum absolute atomic E-state index is 6.07. The molecule has 0 saturated carbocycles. The molecular weight excluding hydrogens is 526 g/mol. The molecule has 0 aromatic heterocycles. The minimum absolute atomic E-state index is 0.412. The summed E-state index contributed by atoms with van der Waals surface area (Å²) in [6.45, 7) is 6.82. The van der Waals surface area contributed by atoms with Crippen molar-refractivity contribution in [1.82, 2.24) is 5.32 Å². The van der Waals surface area contributed by atoms with E-state index < -0.39 is 0 Å². The molecule has 1 N–H and O–H groups in total. The average Bonchev–Trinajstić information content (AvgIpc) is 2.99. The van der Waals surface area contributed by atoms with E-state index in [4.69, 9.17) is 37.9 Å². The van der Waals surface area contributed by atoms with Crippen LogP contribution in [0.1, 0.15) is 36.8 Å². The van der Waals surface area contributed by atoms with Crippen molar-refractivity contribution in [3.05, 3.63) is 59.7 Å². The Morgan fingerprint density at radius 3 is 1.66 bits per heavy atom. The van der Waals surface area contributed by atoms with Crippen molar-refractivity contribution in [1.29, 1.82) is 0 Å². The highest BCUT2D eigenvalue weighted by atomic mass is 16.6. The van der Waals surface area contributed by atoms with E-state index in [-0.39, 0.29) is 0 Å². The molecule has 0 atom stereocenters. The van der Waals surface area contributed by atoms with Gasteiger partial charge in [-0.3, -0.25) is 0 Å². The second-order valence-electron chi connectivity index (χ2n) is 9.51. The number of hydrogen-bond donors (Lipinski definition) is 1. The fraction of sp³-hybridized carbons (Fsp3) is 0.562. The van der Waals surface area contributed by atoms with Crippen LogP contribution in [0, 0.1) is 0 Å². The average molecular weight is 574 g/mol. The highest BCUT2D eigenvalue weighted by molar-refractivity contribution is 5.43. The zero-order valence-corrected chi connectivity index (χ0v) is 24.7. The number of ether oxygens (including phenoxy) is 8. The summed E-state index contributed by atoms with van der Waals surface area (Å²) in [6, 6.07) is 11.8. The van der Waals surface area contributed by atoms with Gasteiger partial charge in [-0.15, -0.1) is 0 Å². The molecule has 0 aliphatic carbocycles. The molecule has 1 aliphatic heterocycles. The number of methoxy groups -OCH3 is 2. The lowest BCUT2D eigenvalue weighted by molar-refractivity contribution is 0.0325. The molecule has 3 rings (SSSR count). The Morgan fingerprint density at radius 2 is 1.07 bits per heavy atom. The normalized spacial score (nSPS) is 18.1. The standard InChI is InChI=1S/C32H47NO8/c1-34-29-21-28(22-30(24-29)35-2)26-33-25-27-9-10-31-32(23-27)41-20-18-39-16-14-37-12-8-6-4-3-5-7-11-36-13-15-38-17-19-40-31/h3-4,9-10,21-24,33H,5-8,11-20,25-26H2,1-2H3/b4-3+. The smallest absolute Gasteiger partial charge is 0.161 e. The van der Waals surface area contributed by atoms with E-state index >= 15 is 0 Å². The molecule has 0 amide bonds. The lowest BCUT2D eigenvalue weighted by Gasteiger charge is -2.15. The fourth-order valence-electron chi connectivity index (χ4n) is 4.12. The third-order valence-electron chi connectivity index (χ3n) is 6.28. The molecule has 2 aromatic carbocycles. The summed E-state index contributed by atoms with van der Waals surface area (Å²) in [7, 11) is 3.30. The van der Waals surface area contributed by atoms with Crippen LogP contribution < -0.4 is 24.3 Å². The number of fused-ring (bicyclic) bond motifs is 1. The minimum atomic E-state index is 0.412. The monoisotopic (exact) mass is 573 g/mol. The Balaban J connectivity index is 1.52. The van der Waals surface area contributed by atoms with E-state index in [0.29, 0.717) is 77.4 Å². The molecule has 41 heavy (non-hydrogen) atoms. The van der Waals surface area contributed by atoms with Crippen LogP contribution in [0.3, 0.4) is 0 Å². The van der Waals surface area contributed by atoms with Crippen LogP contribution in [0.4, 0.5) is 0 Å². The first kappa shape index (κ1) is 32.7. The summed E-state index contributed by atoms with van der Waals surface area (Å²) < 4.78 is 45.5. The second kappa shape index (κ2) is 21.0. The molecule has 0 spiro atoms. The van der Waals surface area contributed by atoms with Crippen LogP contribution in [0.2, 0.25) is 0 Å². The zero-order valence-electron chi connectivity index (χ0n) is 24.7. The highest BCUT2D eigenvalue weighted by Crippen LogP contribution is 2.29. The van der Waals surface area contributed by atoms with E-state index in [1.807, 2.05) is 36.4 Å². The Hall–Kier alpha value is -2.82. The third kappa shape index (κ3) is 14.1. The lowest BCUT2D eigenvalue weighted by Crippen LogP contribution is -2.15.